The van der Waals surface area contributed by atoms with Crippen LogP contribution in [-0.2, 0) is 65.4 Å². The second-order valence-corrected chi connectivity index (χ2v) is 29.5. The van der Waals surface area contributed by atoms with Gasteiger partial charge >= 0.3 is 39.5 Å². The Labute approximate surface area is 549 Å². The summed E-state index contributed by atoms with van der Waals surface area (Å²) in [5.74, 6) is -0.587. The van der Waals surface area contributed by atoms with Crippen molar-refractivity contribution in [3.05, 3.63) is 0 Å². The minimum atomic E-state index is -4.95. The first-order chi connectivity index (χ1) is 43.4. The van der Waals surface area contributed by atoms with Crippen LogP contribution in [0.4, 0.5) is 0 Å². The fraction of sp³-hybridized carbons (Fsp3) is 0.944. The standard InChI is InChI=1S/C71H138O17P2/c1-7-9-11-13-14-15-16-17-23-26-31-36-42-48-54-69(74)82-60-67(88-70(75)55-49-43-37-32-27-24-21-19-18-20-22-25-29-34-40-45-51-63(3)4)62-86-90(79,80)84-58-65(72)57-83-89(77,78)85-61-66(59-81-68(73)53-47-39-12-10-8-2)87-71(76)56-50-44-38-33-28-30-35-41-46-52-64(5)6/h63-67,72H,7-62H2,1-6H3,(H,77,78)(H,79,80)/t65-,66+,67+/m0/s1. The summed E-state index contributed by atoms with van der Waals surface area (Å²) in [5, 5.41) is 10.6. The van der Waals surface area contributed by atoms with Crippen LogP contribution in [0.2, 0.25) is 0 Å². The Balaban J connectivity index is 5.14. The van der Waals surface area contributed by atoms with E-state index in [2.05, 4.69) is 41.5 Å². The van der Waals surface area contributed by atoms with Crippen molar-refractivity contribution in [2.45, 2.75) is 381 Å². The lowest BCUT2D eigenvalue weighted by Gasteiger charge is -2.21. The van der Waals surface area contributed by atoms with E-state index in [9.17, 15) is 43.2 Å². The second kappa shape index (κ2) is 63.1. The number of rotatable bonds is 70. The molecule has 0 aromatic carbocycles. The van der Waals surface area contributed by atoms with E-state index in [0.717, 1.165) is 108 Å². The molecule has 0 rings (SSSR count). The SMILES string of the molecule is CCCCCCCCCCCCCCCCC(=O)OC[C@H](COP(=O)(O)OC[C@@H](O)COP(=O)(O)OC[C@@H](COC(=O)CCCCCCC)OC(=O)CCCCCCCCCCCC(C)C)OC(=O)CCCCCCCCCCCCCCCCCCC(C)C. The third kappa shape index (κ3) is 64.8. The van der Waals surface area contributed by atoms with E-state index in [1.54, 1.807) is 0 Å². The smallest absolute Gasteiger partial charge is 0.462 e. The van der Waals surface area contributed by atoms with Crippen LogP contribution in [0.5, 0.6) is 0 Å². The molecule has 0 spiro atoms. The average molecular weight is 1330 g/mol. The summed E-state index contributed by atoms with van der Waals surface area (Å²) < 4.78 is 68.1. The zero-order chi connectivity index (χ0) is 66.5. The highest BCUT2D eigenvalue weighted by molar-refractivity contribution is 7.47. The first-order valence-electron chi connectivity index (χ1n) is 37.0. The molecular formula is C71H138O17P2. The van der Waals surface area contributed by atoms with Crippen molar-refractivity contribution in [3.63, 3.8) is 0 Å². The van der Waals surface area contributed by atoms with E-state index in [1.807, 2.05) is 0 Å². The van der Waals surface area contributed by atoms with Crippen molar-refractivity contribution in [1.29, 1.82) is 0 Å². The molecule has 0 heterocycles. The van der Waals surface area contributed by atoms with Gasteiger partial charge in [0.25, 0.3) is 0 Å². The van der Waals surface area contributed by atoms with E-state index in [-0.39, 0.29) is 25.7 Å². The Morgan fingerprint density at radius 3 is 0.756 bits per heavy atom. The summed E-state index contributed by atoms with van der Waals surface area (Å²) >= 11 is 0. The van der Waals surface area contributed by atoms with Crippen LogP contribution in [0.15, 0.2) is 0 Å². The third-order valence-corrected chi connectivity index (χ3v) is 18.4. The van der Waals surface area contributed by atoms with Gasteiger partial charge in [-0.15, -0.1) is 0 Å². The van der Waals surface area contributed by atoms with Crippen LogP contribution in [0, 0.1) is 11.8 Å². The molecule has 0 fully saturated rings. The average Bonchev–Trinajstić information content (AvgIpc) is 3.00. The highest BCUT2D eigenvalue weighted by Crippen LogP contribution is 2.45. The lowest BCUT2D eigenvalue weighted by atomic mass is 10.0. The van der Waals surface area contributed by atoms with E-state index in [1.165, 1.54) is 173 Å². The Morgan fingerprint density at radius 1 is 0.300 bits per heavy atom. The number of aliphatic hydroxyl groups is 1. The van der Waals surface area contributed by atoms with Crippen LogP contribution in [0.3, 0.4) is 0 Å². The number of carbonyl (C=O) groups excluding carboxylic acids is 4. The van der Waals surface area contributed by atoms with Gasteiger partial charge in [-0.05, 0) is 37.5 Å². The largest absolute Gasteiger partial charge is 0.472 e. The van der Waals surface area contributed by atoms with Crippen molar-refractivity contribution >= 4 is 39.5 Å². The Bertz CT molecular complexity index is 1750. The van der Waals surface area contributed by atoms with Crippen molar-refractivity contribution in [2.24, 2.45) is 11.8 Å². The van der Waals surface area contributed by atoms with E-state index >= 15 is 0 Å². The maximum absolute atomic E-state index is 13.0. The molecule has 17 nitrogen and oxygen atoms in total. The van der Waals surface area contributed by atoms with Crippen LogP contribution in [0.1, 0.15) is 363 Å². The van der Waals surface area contributed by atoms with Crippen molar-refractivity contribution in [3.8, 4) is 0 Å². The Morgan fingerprint density at radius 2 is 0.511 bits per heavy atom. The highest BCUT2D eigenvalue weighted by Gasteiger charge is 2.30. The van der Waals surface area contributed by atoms with Gasteiger partial charge < -0.3 is 33.8 Å². The molecule has 0 aliphatic rings. The molecule has 3 N–H and O–H groups in total. The molecule has 0 radical (unpaired) electrons. The Kier molecular flexibility index (Phi) is 61.8. The molecule has 0 aliphatic carbocycles. The molecule has 0 aliphatic heterocycles. The van der Waals surface area contributed by atoms with Crippen molar-refractivity contribution < 1.29 is 80.2 Å². The summed E-state index contributed by atoms with van der Waals surface area (Å²) in [6.07, 6.45) is 49.0. The third-order valence-electron chi connectivity index (χ3n) is 16.5. The molecule has 0 aromatic rings. The van der Waals surface area contributed by atoms with Gasteiger partial charge in [0, 0.05) is 25.7 Å². The second-order valence-electron chi connectivity index (χ2n) is 26.6. The number of phosphoric ester groups is 2. The lowest BCUT2D eigenvalue weighted by molar-refractivity contribution is -0.161. The van der Waals surface area contributed by atoms with Crippen LogP contribution in [-0.4, -0.2) is 96.7 Å². The maximum Gasteiger partial charge on any atom is 0.472 e. The highest BCUT2D eigenvalue weighted by atomic mass is 31.2. The van der Waals surface area contributed by atoms with Crippen LogP contribution >= 0.6 is 15.6 Å². The minimum Gasteiger partial charge on any atom is -0.462 e. The number of hydrogen-bond acceptors (Lipinski definition) is 15. The lowest BCUT2D eigenvalue weighted by Crippen LogP contribution is -2.30. The van der Waals surface area contributed by atoms with E-state index in [4.69, 9.17) is 37.0 Å². The van der Waals surface area contributed by atoms with Crippen molar-refractivity contribution in [1.82, 2.24) is 0 Å². The van der Waals surface area contributed by atoms with E-state index < -0.39 is 97.5 Å². The van der Waals surface area contributed by atoms with E-state index in [0.29, 0.717) is 25.7 Å². The van der Waals surface area contributed by atoms with Gasteiger partial charge in [0.2, 0.25) is 0 Å². The molecule has 0 saturated carbocycles. The van der Waals surface area contributed by atoms with Crippen molar-refractivity contribution in [2.75, 3.05) is 39.6 Å². The summed E-state index contributed by atoms with van der Waals surface area (Å²) in [6.45, 7) is 9.48. The molecule has 0 saturated heterocycles. The number of phosphoric acid groups is 2. The van der Waals surface area contributed by atoms with Gasteiger partial charge in [0.05, 0.1) is 26.4 Å². The predicted octanol–water partition coefficient (Wildman–Crippen LogP) is 20.4. The minimum absolute atomic E-state index is 0.104. The van der Waals surface area contributed by atoms with Gasteiger partial charge in [-0.3, -0.25) is 37.3 Å². The summed E-state index contributed by atoms with van der Waals surface area (Å²) in [6, 6.07) is 0. The number of unbranched alkanes of at least 4 members (excludes halogenated alkanes) is 40. The monoisotopic (exact) mass is 1320 g/mol. The van der Waals surface area contributed by atoms with Crippen LogP contribution in [0.25, 0.3) is 0 Å². The molecule has 90 heavy (non-hydrogen) atoms. The molecule has 0 aromatic heterocycles. The fourth-order valence-corrected chi connectivity index (χ4v) is 12.3. The normalized spacial score (nSPS) is 14.1. The number of carbonyl (C=O) groups is 4. The van der Waals surface area contributed by atoms with Gasteiger partial charge in [-0.1, -0.05) is 311 Å². The van der Waals surface area contributed by atoms with Gasteiger partial charge in [-0.2, -0.15) is 0 Å². The quantitative estimate of drug-likeness (QED) is 0.0222. The first-order valence-corrected chi connectivity index (χ1v) is 40.0. The summed E-state index contributed by atoms with van der Waals surface area (Å²) in [5.41, 5.74) is 0. The fourth-order valence-electron chi connectivity index (χ4n) is 10.8. The number of hydrogen-bond donors (Lipinski definition) is 3. The molecule has 2 unspecified atom stereocenters. The zero-order valence-electron chi connectivity index (χ0n) is 58.4. The number of ether oxygens (including phenoxy) is 4. The molecular weight excluding hydrogens is 1190 g/mol. The van der Waals surface area contributed by atoms with Gasteiger partial charge in [-0.25, -0.2) is 9.13 Å². The number of esters is 4. The number of aliphatic hydroxyl groups excluding tert-OH is 1. The summed E-state index contributed by atoms with van der Waals surface area (Å²) in [4.78, 5) is 72.3. The molecule has 19 heteroatoms. The molecule has 534 valence electrons. The topological polar surface area (TPSA) is 237 Å². The van der Waals surface area contributed by atoms with Crippen LogP contribution < -0.4 is 0 Å². The zero-order valence-corrected chi connectivity index (χ0v) is 60.2. The molecule has 5 atom stereocenters. The predicted molar refractivity (Wildman–Crippen MR) is 363 cm³/mol. The maximum atomic E-state index is 13.0. The van der Waals surface area contributed by atoms with Gasteiger partial charge in [0.15, 0.2) is 12.2 Å². The molecule has 0 bridgehead atoms. The Hall–Kier alpha value is -1.94. The summed E-state index contributed by atoms with van der Waals surface area (Å²) in [7, 11) is -9.89. The first kappa shape index (κ1) is 88.1. The van der Waals surface area contributed by atoms with Gasteiger partial charge in [0.1, 0.15) is 19.3 Å². The molecule has 0 amide bonds.